The summed E-state index contributed by atoms with van der Waals surface area (Å²) in [6.07, 6.45) is 0.641. The maximum absolute atomic E-state index is 14.0. The van der Waals surface area contributed by atoms with Crippen LogP contribution in [0.1, 0.15) is 17.0 Å². The van der Waals surface area contributed by atoms with Crippen molar-refractivity contribution in [3.63, 3.8) is 0 Å². The van der Waals surface area contributed by atoms with Crippen LogP contribution in [-0.4, -0.2) is 18.8 Å². The van der Waals surface area contributed by atoms with Gasteiger partial charge in [0.15, 0.2) is 0 Å². The van der Waals surface area contributed by atoms with Crippen LogP contribution in [0.2, 0.25) is 5.02 Å². The zero-order valence-electron chi connectivity index (χ0n) is 11.8. The summed E-state index contributed by atoms with van der Waals surface area (Å²) in [4.78, 5) is 1.34. The Hall–Kier alpha value is -1.03. The normalized spacial score (nSPS) is 18.5. The zero-order valence-corrected chi connectivity index (χ0v) is 13.3. The molecule has 0 saturated heterocycles. The van der Waals surface area contributed by atoms with Crippen molar-refractivity contribution in [2.75, 3.05) is 12.8 Å². The van der Waals surface area contributed by atoms with Gasteiger partial charge in [0.2, 0.25) is 0 Å². The third-order valence-electron chi connectivity index (χ3n) is 4.04. The van der Waals surface area contributed by atoms with E-state index in [4.69, 9.17) is 11.6 Å². The molecule has 0 amide bonds. The summed E-state index contributed by atoms with van der Waals surface area (Å²) in [5, 5.41) is 3.94. The van der Waals surface area contributed by atoms with Crippen LogP contribution in [0.4, 0.5) is 4.39 Å². The fourth-order valence-electron chi connectivity index (χ4n) is 2.90. The van der Waals surface area contributed by atoms with Gasteiger partial charge in [-0.25, -0.2) is 4.39 Å². The van der Waals surface area contributed by atoms with Gasteiger partial charge in [0.25, 0.3) is 0 Å². The number of fused-ring (bicyclic) bond motifs is 1. The van der Waals surface area contributed by atoms with Crippen LogP contribution < -0.4 is 5.32 Å². The predicted molar refractivity (Wildman–Crippen MR) is 87.9 cm³/mol. The summed E-state index contributed by atoms with van der Waals surface area (Å²) >= 11 is 7.87. The average molecular weight is 322 g/mol. The van der Waals surface area contributed by atoms with Gasteiger partial charge < -0.3 is 5.32 Å². The molecule has 1 N–H and O–H groups in total. The van der Waals surface area contributed by atoms with Crippen LogP contribution in [0.15, 0.2) is 47.4 Å². The molecule has 0 radical (unpaired) electrons. The molecule has 1 aliphatic heterocycles. The second-order valence-corrected chi connectivity index (χ2v) is 6.79. The molecule has 1 nitrogen and oxygen atoms in total. The third-order valence-corrected chi connectivity index (χ3v) is 5.48. The molecular formula is C17H17ClFNS. The molecule has 4 heteroatoms. The first-order valence-corrected chi connectivity index (χ1v) is 8.38. The molecule has 110 valence electrons. The van der Waals surface area contributed by atoms with Crippen LogP contribution in [0.5, 0.6) is 0 Å². The highest BCUT2D eigenvalue weighted by atomic mass is 35.5. The number of nitrogens with one attached hydrogen (secondary N) is 1. The standard InChI is InChI=1S/C17H17ClFNS/c1-20-16(9-11-8-12(18)6-7-15(11)19)14-10-21-17-5-3-2-4-13(14)17/h2-8,14,16,20H,9-10H2,1H3. The lowest BCUT2D eigenvalue weighted by Gasteiger charge is -2.24. The Morgan fingerprint density at radius 3 is 2.95 bits per heavy atom. The van der Waals surface area contributed by atoms with Gasteiger partial charge in [-0.2, -0.15) is 0 Å². The maximum atomic E-state index is 14.0. The largest absolute Gasteiger partial charge is 0.316 e. The lowest BCUT2D eigenvalue weighted by atomic mass is 9.89. The van der Waals surface area contributed by atoms with Crippen molar-refractivity contribution in [2.45, 2.75) is 23.3 Å². The Morgan fingerprint density at radius 2 is 2.14 bits per heavy atom. The quantitative estimate of drug-likeness (QED) is 0.890. The second-order valence-electron chi connectivity index (χ2n) is 5.29. The number of likely N-dealkylation sites (N-methyl/N-ethyl adjacent to an activating group) is 1. The van der Waals surface area contributed by atoms with Crippen molar-refractivity contribution in [3.8, 4) is 0 Å². The molecule has 21 heavy (non-hydrogen) atoms. The molecule has 2 aromatic rings. The van der Waals surface area contributed by atoms with Gasteiger partial charge in [-0.05, 0) is 48.9 Å². The molecule has 2 atom stereocenters. The van der Waals surface area contributed by atoms with E-state index >= 15 is 0 Å². The van der Waals surface area contributed by atoms with E-state index in [1.54, 1.807) is 12.1 Å². The van der Waals surface area contributed by atoms with Crippen LogP contribution in [-0.2, 0) is 6.42 Å². The minimum absolute atomic E-state index is 0.182. The molecule has 2 unspecified atom stereocenters. The Labute approximate surface area is 133 Å². The average Bonchev–Trinajstić information content (AvgIpc) is 2.92. The zero-order chi connectivity index (χ0) is 14.8. The lowest BCUT2D eigenvalue weighted by Crippen LogP contribution is -2.34. The topological polar surface area (TPSA) is 12.0 Å². The van der Waals surface area contributed by atoms with Gasteiger partial charge in [0.05, 0.1) is 0 Å². The Bertz CT molecular complexity index is 646. The molecule has 0 saturated carbocycles. The molecule has 0 spiro atoms. The third kappa shape index (κ3) is 3.10. The highest BCUT2D eigenvalue weighted by molar-refractivity contribution is 7.99. The molecule has 0 fully saturated rings. The van der Waals surface area contributed by atoms with Crippen LogP contribution in [0.3, 0.4) is 0 Å². The fraction of sp³-hybridized carbons (Fsp3) is 0.294. The first-order valence-electron chi connectivity index (χ1n) is 7.02. The summed E-state index contributed by atoms with van der Waals surface area (Å²) in [6, 6.07) is 13.5. The predicted octanol–water partition coefficient (Wildman–Crippen LogP) is 4.50. The van der Waals surface area contributed by atoms with Crippen molar-refractivity contribution in [1.29, 1.82) is 0 Å². The van der Waals surface area contributed by atoms with Crippen LogP contribution in [0, 0.1) is 5.82 Å². The number of hydrogen-bond donors (Lipinski definition) is 1. The highest BCUT2D eigenvalue weighted by Gasteiger charge is 2.29. The minimum Gasteiger partial charge on any atom is -0.316 e. The van der Waals surface area contributed by atoms with E-state index in [1.165, 1.54) is 16.5 Å². The molecule has 0 aliphatic carbocycles. The molecule has 0 aromatic heterocycles. The minimum atomic E-state index is -0.182. The van der Waals surface area contributed by atoms with E-state index in [-0.39, 0.29) is 11.9 Å². The van der Waals surface area contributed by atoms with Crippen molar-refractivity contribution in [2.24, 2.45) is 0 Å². The summed E-state index contributed by atoms with van der Waals surface area (Å²) < 4.78 is 14.0. The van der Waals surface area contributed by atoms with Crippen molar-refractivity contribution >= 4 is 23.4 Å². The first-order chi connectivity index (χ1) is 10.2. The molecule has 0 bridgehead atoms. The first kappa shape index (κ1) is 14.9. The van der Waals surface area contributed by atoms with Gasteiger partial charge in [-0.15, -0.1) is 11.8 Å². The number of thioether (sulfide) groups is 1. The van der Waals surface area contributed by atoms with Gasteiger partial charge in [0, 0.05) is 27.6 Å². The smallest absolute Gasteiger partial charge is 0.126 e. The number of hydrogen-bond acceptors (Lipinski definition) is 2. The van der Waals surface area contributed by atoms with Crippen molar-refractivity contribution in [1.82, 2.24) is 5.32 Å². The lowest BCUT2D eigenvalue weighted by molar-refractivity contribution is 0.477. The Kier molecular flexibility index (Phi) is 4.53. The molecule has 1 aliphatic rings. The number of halogens is 2. The summed E-state index contributed by atoms with van der Waals surface area (Å²) in [5.74, 6) is 1.25. The molecule has 1 heterocycles. The van der Waals surface area contributed by atoms with Crippen LogP contribution in [0.25, 0.3) is 0 Å². The van der Waals surface area contributed by atoms with E-state index in [9.17, 15) is 4.39 Å². The molecule has 2 aromatic carbocycles. The van der Waals surface area contributed by atoms with E-state index < -0.39 is 0 Å². The summed E-state index contributed by atoms with van der Waals surface area (Å²) in [7, 11) is 1.94. The van der Waals surface area contributed by atoms with Crippen molar-refractivity contribution < 1.29 is 4.39 Å². The summed E-state index contributed by atoms with van der Waals surface area (Å²) in [5.41, 5.74) is 2.04. The van der Waals surface area contributed by atoms with E-state index in [1.807, 2.05) is 18.8 Å². The maximum Gasteiger partial charge on any atom is 0.126 e. The Balaban J connectivity index is 1.85. The Morgan fingerprint density at radius 1 is 1.33 bits per heavy atom. The summed E-state index contributed by atoms with van der Waals surface area (Å²) in [6.45, 7) is 0. The van der Waals surface area contributed by atoms with E-state index in [0.29, 0.717) is 22.9 Å². The SMILES string of the molecule is CNC(Cc1cc(Cl)ccc1F)C1CSc2ccccc21. The van der Waals surface area contributed by atoms with Crippen LogP contribution >= 0.6 is 23.4 Å². The molecular weight excluding hydrogens is 305 g/mol. The van der Waals surface area contributed by atoms with Gasteiger partial charge >= 0.3 is 0 Å². The number of benzene rings is 2. The highest BCUT2D eigenvalue weighted by Crippen LogP contribution is 2.41. The second kappa shape index (κ2) is 6.39. The van der Waals surface area contributed by atoms with Gasteiger partial charge in [0.1, 0.15) is 5.82 Å². The molecule has 3 rings (SSSR count). The monoisotopic (exact) mass is 321 g/mol. The van der Waals surface area contributed by atoms with Gasteiger partial charge in [-0.3, -0.25) is 0 Å². The van der Waals surface area contributed by atoms with E-state index in [2.05, 4.69) is 29.6 Å². The van der Waals surface area contributed by atoms with E-state index in [0.717, 1.165) is 5.75 Å². The van der Waals surface area contributed by atoms with Crippen molar-refractivity contribution in [3.05, 3.63) is 64.4 Å². The number of rotatable bonds is 4. The van der Waals surface area contributed by atoms with Gasteiger partial charge in [-0.1, -0.05) is 29.8 Å². The fourth-order valence-corrected chi connectivity index (χ4v) is 4.43.